The fourth-order valence-electron chi connectivity index (χ4n) is 1.62. The molecule has 0 aromatic heterocycles. The molecule has 0 unspecified atom stereocenters. The first-order chi connectivity index (χ1) is 7.55. The molecule has 0 atom stereocenters. The monoisotopic (exact) mass is 239 g/mol. The first kappa shape index (κ1) is 11.2. The number of anilines is 1. The molecule has 0 amide bonds. The summed E-state index contributed by atoms with van der Waals surface area (Å²) in [6.45, 7) is 2.44. The van der Waals surface area contributed by atoms with Crippen LogP contribution in [0.1, 0.15) is 12.5 Å². The van der Waals surface area contributed by atoms with Crippen molar-refractivity contribution in [3.05, 3.63) is 28.7 Å². The number of nitrogens with two attached hydrogens (primary N) is 1. The fourth-order valence-corrected chi connectivity index (χ4v) is 3.15. The van der Waals surface area contributed by atoms with Gasteiger partial charge in [0.25, 0.3) is 0 Å². The van der Waals surface area contributed by atoms with Gasteiger partial charge in [-0.15, -0.1) is 0 Å². The van der Waals surface area contributed by atoms with E-state index < -0.39 is 9.84 Å². The van der Waals surface area contributed by atoms with Crippen LogP contribution in [-0.4, -0.2) is 21.6 Å². The Morgan fingerprint density at radius 2 is 2.12 bits per heavy atom. The van der Waals surface area contributed by atoms with Gasteiger partial charge in [-0.3, -0.25) is 0 Å². The smallest absolute Gasteiger partial charge is 0.205 e. The zero-order valence-electron chi connectivity index (χ0n) is 8.93. The van der Waals surface area contributed by atoms with Crippen molar-refractivity contribution in [2.45, 2.75) is 11.8 Å². The maximum atomic E-state index is 12.0. The third kappa shape index (κ3) is 1.72. The van der Waals surface area contributed by atoms with Crippen LogP contribution >= 0.6 is 0 Å². The molecule has 86 valence electrons. The van der Waals surface area contributed by atoms with E-state index in [2.05, 4.69) is 0 Å². The molecule has 1 aromatic carbocycles. The average Bonchev–Trinajstić information content (AvgIpc) is 2.48. The third-order valence-corrected chi connectivity index (χ3v) is 4.30. The van der Waals surface area contributed by atoms with Gasteiger partial charge >= 0.3 is 0 Å². The first-order valence-corrected chi connectivity index (χ1v) is 6.47. The summed E-state index contributed by atoms with van der Waals surface area (Å²) in [4.78, 5) is 0.581. The van der Waals surface area contributed by atoms with E-state index in [1.54, 1.807) is 18.2 Å². The highest BCUT2D eigenvalue weighted by Crippen LogP contribution is 2.33. The average molecular weight is 239 g/mol. The molecule has 16 heavy (non-hydrogen) atoms. The van der Waals surface area contributed by atoms with Gasteiger partial charge in [0.1, 0.15) is 0 Å². The van der Waals surface area contributed by atoms with Crippen molar-refractivity contribution in [1.82, 2.24) is 0 Å². The number of nitrogen functional groups attached to an aromatic ring is 1. The second kappa shape index (κ2) is 3.92. The van der Waals surface area contributed by atoms with Crippen molar-refractivity contribution in [2.24, 2.45) is 0 Å². The van der Waals surface area contributed by atoms with Gasteiger partial charge in [0.05, 0.1) is 16.4 Å². The molecular formula is C11H13NO3S. The minimum atomic E-state index is -3.39. The van der Waals surface area contributed by atoms with Gasteiger partial charge in [0.15, 0.2) is 0 Å². The van der Waals surface area contributed by atoms with Gasteiger partial charge in [-0.1, -0.05) is 6.07 Å². The van der Waals surface area contributed by atoms with Crippen molar-refractivity contribution >= 4 is 21.6 Å². The Kier molecular flexibility index (Phi) is 2.73. The predicted molar refractivity (Wildman–Crippen MR) is 62.5 cm³/mol. The Balaban J connectivity index is 2.44. The highest BCUT2D eigenvalue weighted by molar-refractivity contribution is 7.95. The van der Waals surface area contributed by atoms with E-state index in [4.69, 9.17) is 10.5 Å². The summed E-state index contributed by atoms with van der Waals surface area (Å²) >= 11 is 0. The molecule has 0 radical (unpaired) electrons. The molecule has 2 rings (SSSR count). The predicted octanol–water partition coefficient (Wildman–Crippen LogP) is 1.43. The summed E-state index contributed by atoms with van der Waals surface area (Å²) in [6, 6.07) is 4.88. The van der Waals surface area contributed by atoms with Gasteiger partial charge in [-0.25, -0.2) is 8.42 Å². The molecule has 4 nitrogen and oxygen atoms in total. The van der Waals surface area contributed by atoms with Gasteiger partial charge in [0.2, 0.25) is 9.84 Å². The molecule has 1 aliphatic rings. The van der Waals surface area contributed by atoms with Crippen molar-refractivity contribution in [1.29, 1.82) is 0 Å². The van der Waals surface area contributed by atoms with E-state index >= 15 is 0 Å². The van der Waals surface area contributed by atoms with Crippen LogP contribution in [0, 0.1) is 0 Å². The van der Waals surface area contributed by atoms with Crippen LogP contribution in [-0.2, 0) is 14.6 Å². The van der Waals surface area contributed by atoms with Gasteiger partial charge in [0, 0.05) is 12.3 Å². The third-order valence-electron chi connectivity index (χ3n) is 2.44. The lowest BCUT2D eigenvalue weighted by molar-refractivity contribution is 0.175. The van der Waals surface area contributed by atoms with Crippen LogP contribution in [0.5, 0.6) is 0 Å². The summed E-state index contributed by atoms with van der Waals surface area (Å²) in [5.74, 6) is 0. The lowest BCUT2D eigenvalue weighted by Crippen LogP contribution is -2.07. The normalized spacial score (nSPS) is 16.9. The van der Waals surface area contributed by atoms with Crippen LogP contribution < -0.4 is 5.73 Å². The molecule has 0 spiro atoms. The maximum absolute atomic E-state index is 12.0. The number of fused-ring (bicyclic) bond motifs is 1. The van der Waals surface area contributed by atoms with E-state index in [0.717, 1.165) is 0 Å². The van der Waals surface area contributed by atoms with Crippen LogP contribution in [0.3, 0.4) is 0 Å². The summed E-state index contributed by atoms with van der Waals surface area (Å²) in [7, 11) is -3.39. The van der Waals surface area contributed by atoms with Crippen molar-refractivity contribution < 1.29 is 13.2 Å². The van der Waals surface area contributed by atoms with E-state index in [-0.39, 0.29) is 11.5 Å². The first-order valence-electron chi connectivity index (χ1n) is 4.98. The SMILES string of the molecule is CCOCC1=Cc2ccc(N)cc2S1(=O)=O. The fraction of sp³-hybridized carbons (Fsp3) is 0.273. The quantitative estimate of drug-likeness (QED) is 0.810. The molecule has 2 N–H and O–H groups in total. The summed E-state index contributed by atoms with van der Waals surface area (Å²) in [5.41, 5.74) is 6.72. The Morgan fingerprint density at radius 3 is 2.81 bits per heavy atom. The summed E-state index contributed by atoms with van der Waals surface area (Å²) in [5, 5.41) is 0. The Hall–Kier alpha value is -1.33. The number of benzene rings is 1. The largest absolute Gasteiger partial charge is 0.399 e. The molecule has 5 heteroatoms. The highest BCUT2D eigenvalue weighted by Gasteiger charge is 2.29. The lowest BCUT2D eigenvalue weighted by atomic mass is 10.2. The molecule has 0 saturated heterocycles. The van der Waals surface area contributed by atoms with Crippen LogP contribution in [0.2, 0.25) is 0 Å². The van der Waals surface area contributed by atoms with Crippen molar-refractivity contribution in [2.75, 3.05) is 18.9 Å². The Labute approximate surface area is 94.6 Å². The molecule has 0 saturated carbocycles. The highest BCUT2D eigenvalue weighted by atomic mass is 32.2. The van der Waals surface area contributed by atoms with E-state index in [9.17, 15) is 8.42 Å². The number of ether oxygens (including phenoxy) is 1. The number of rotatable bonds is 3. The lowest BCUT2D eigenvalue weighted by Gasteiger charge is -2.04. The molecule has 0 fully saturated rings. The van der Waals surface area contributed by atoms with Gasteiger partial charge in [-0.05, 0) is 30.7 Å². The number of hydrogen-bond acceptors (Lipinski definition) is 4. The van der Waals surface area contributed by atoms with E-state index in [0.29, 0.717) is 22.8 Å². The standard InChI is InChI=1S/C11H13NO3S/c1-2-15-7-10-5-8-3-4-9(12)6-11(8)16(10,13)14/h3-6H,2,7,12H2,1H3. The van der Waals surface area contributed by atoms with Crippen LogP contribution in [0.25, 0.3) is 6.08 Å². The second-order valence-corrected chi connectivity index (χ2v) is 5.52. The zero-order chi connectivity index (χ0) is 11.8. The minimum absolute atomic E-state index is 0.118. The molecule has 1 aliphatic heterocycles. The molecule has 0 bridgehead atoms. The Bertz CT molecular complexity index is 546. The number of hydrogen-bond donors (Lipinski definition) is 1. The number of sulfone groups is 1. The summed E-state index contributed by atoms with van der Waals surface area (Å²) in [6.07, 6.45) is 1.64. The van der Waals surface area contributed by atoms with Gasteiger partial charge < -0.3 is 10.5 Å². The molecule has 1 aromatic rings. The van der Waals surface area contributed by atoms with Crippen molar-refractivity contribution in [3.63, 3.8) is 0 Å². The zero-order valence-corrected chi connectivity index (χ0v) is 9.75. The topological polar surface area (TPSA) is 69.4 Å². The minimum Gasteiger partial charge on any atom is -0.399 e. The van der Waals surface area contributed by atoms with Crippen molar-refractivity contribution in [3.8, 4) is 0 Å². The second-order valence-electron chi connectivity index (χ2n) is 3.55. The maximum Gasteiger partial charge on any atom is 0.205 e. The summed E-state index contributed by atoms with van der Waals surface area (Å²) < 4.78 is 29.2. The Morgan fingerprint density at radius 1 is 1.38 bits per heavy atom. The molecular weight excluding hydrogens is 226 g/mol. The van der Waals surface area contributed by atoms with Gasteiger partial charge in [-0.2, -0.15) is 0 Å². The molecule has 0 aliphatic carbocycles. The molecule has 1 heterocycles. The van der Waals surface area contributed by atoms with E-state index in [1.807, 2.05) is 6.92 Å². The van der Waals surface area contributed by atoms with Crippen LogP contribution in [0.4, 0.5) is 5.69 Å². The van der Waals surface area contributed by atoms with E-state index in [1.165, 1.54) is 6.07 Å². The van der Waals surface area contributed by atoms with Crippen LogP contribution in [0.15, 0.2) is 28.0 Å².